The molecule has 0 aromatic carbocycles. The minimum atomic E-state index is -0.338. The summed E-state index contributed by atoms with van der Waals surface area (Å²) in [4.78, 5) is 25.4. The molecule has 0 aliphatic rings. The fourth-order valence-corrected chi connectivity index (χ4v) is 1.45. The van der Waals surface area contributed by atoms with Crippen molar-refractivity contribution >= 4 is 11.8 Å². The van der Waals surface area contributed by atoms with Gasteiger partial charge in [-0.25, -0.2) is 0 Å². The van der Waals surface area contributed by atoms with Crippen molar-refractivity contribution in [1.29, 1.82) is 0 Å². The Hall–Kier alpha value is -1.58. The molecule has 0 bridgehead atoms. The van der Waals surface area contributed by atoms with Gasteiger partial charge in [-0.2, -0.15) is 0 Å². The zero-order valence-corrected chi connectivity index (χ0v) is 9.56. The second kappa shape index (κ2) is 6.01. The highest BCUT2D eigenvalue weighted by molar-refractivity contribution is 5.78. The molecule has 84 valence electrons. The van der Waals surface area contributed by atoms with Gasteiger partial charge in [0.05, 0.1) is 0 Å². The van der Waals surface area contributed by atoms with Gasteiger partial charge in [0.25, 0.3) is 0 Å². The van der Waals surface area contributed by atoms with Crippen molar-refractivity contribution in [1.82, 2.24) is 9.80 Å². The fourth-order valence-electron chi connectivity index (χ4n) is 1.45. The van der Waals surface area contributed by atoms with Crippen LogP contribution in [0.4, 0.5) is 0 Å². The minimum absolute atomic E-state index is 0.148. The van der Waals surface area contributed by atoms with E-state index in [4.69, 9.17) is 0 Å². The lowest BCUT2D eigenvalue weighted by Gasteiger charge is -2.34. The fraction of sp³-hybridized carbons (Fsp3) is 0.455. The third kappa shape index (κ3) is 3.23. The predicted octanol–water partition coefficient (Wildman–Crippen LogP) is 1.71. The van der Waals surface area contributed by atoms with Gasteiger partial charge in [-0.3, -0.25) is 19.4 Å². The summed E-state index contributed by atoms with van der Waals surface area (Å²) in [6.07, 6.45) is 3.14. The SMILES string of the molecule is C=CN(C(C)=O)C(CC)N(C=C)C(C)=O. The second-order valence-electron chi connectivity index (χ2n) is 3.11. The number of carbonyl (C=O) groups excluding carboxylic acids is 2. The number of amides is 2. The average Bonchev–Trinajstić information content (AvgIpc) is 2.16. The molecule has 2 amide bonds. The zero-order valence-electron chi connectivity index (χ0n) is 9.56. The molecule has 0 rings (SSSR count). The monoisotopic (exact) mass is 210 g/mol. The Morgan fingerprint density at radius 1 is 1.13 bits per heavy atom. The van der Waals surface area contributed by atoms with E-state index in [2.05, 4.69) is 13.2 Å². The van der Waals surface area contributed by atoms with Gasteiger partial charge >= 0.3 is 0 Å². The Labute approximate surface area is 90.9 Å². The Morgan fingerprint density at radius 3 is 1.60 bits per heavy atom. The molecule has 0 aliphatic heterocycles. The smallest absolute Gasteiger partial charge is 0.225 e. The van der Waals surface area contributed by atoms with Crippen LogP contribution in [0.3, 0.4) is 0 Å². The average molecular weight is 210 g/mol. The highest BCUT2D eigenvalue weighted by Gasteiger charge is 2.23. The molecule has 4 heteroatoms. The number of hydrogen-bond donors (Lipinski definition) is 0. The van der Waals surface area contributed by atoms with E-state index in [9.17, 15) is 9.59 Å². The van der Waals surface area contributed by atoms with Crippen LogP contribution in [0.1, 0.15) is 27.2 Å². The first-order valence-electron chi connectivity index (χ1n) is 4.82. The van der Waals surface area contributed by atoms with Gasteiger partial charge in [-0.05, 0) is 6.42 Å². The largest absolute Gasteiger partial charge is 0.298 e. The number of hydrogen-bond acceptors (Lipinski definition) is 2. The van der Waals surface area contributed by atoms with Crippen LogP contribution in [0.25, 0.3) is 0 Å². The molecule has 0 N–H and O–H groups in total. The van der Waals surface area contributed by atoms with Crippen LogP contribution >= 0.6 is 0 Å². The van der Waals surface area contributed by atoms with E-state index in [-0.39, 0.29) is 18.0 Å². The standard InChI is InChI=1S/C11H18N2O2/c1-6-11(12(7-2)9(4)14)13(8-3)10(5)15/h7-8,11H,2-3,6H2,1,4-5H3. The van der Waals surface area contributed by atoms with Gasteiger partial charge in [0, 0.05) is 26.2 Å². The van der Waals surface area contributed by atoms with E-state index >= 15 is 0 Å². The Bertz CT molecular complexity index is 248. The quantitative estimate of drug-likeness (QED) is 0.648. The van der Waals surface area contributed by atoms with Crippen molar-refractivity contribution in [2.24, 2.45) is 0 Å². The summed E-state index contributed by atoms with van der Waals surface area (Å²) in [5, 5.41) is 0. The van der Waals surface area contributed by atoms with Gasteiger partial charge in [-0.15, -0.1) is 0 Å². The lowest BCUT2D eigenvalue weighted by Crippen LogP contribution is -2.46. The van der Waals surface area contributed by atoms with Crippen molar-refractivity contribution in [2.45, 2.75) is 33.4 Å². The molecule has 0 aliphatic carbocycles. The summed E-state index contributed by atoms with van der Waals surface area (Å²) >= 11 is 0. The minimum Gasteiger partial charge on any atom is -0.298 e. The Balaban J connectivity index is 5.00. The summed E-state index contributed by atoms with van der Waals surface area (Å²) in [6, 6.07) is 0. The summed E-state index contributed by atoms with van der Waals surface area (Å²) < 4.78 is 0. The molecular weight excluding hydrogens is 192 g/mol. The van der Waals surface area contributed by atoms with Gasteiger partial charge in [0.15, 0.2) is 0 Å². The van der Waals surface area contributed by atoms with Crippen molar-refractivity contribution in [3.63, 3.8) is 0 Å². The van der Waals surface area contributed by atoms with Gasteiger partial charge < -0.3 is 0 Å². The molecule has 0 aromatic heterocycles. The molecule has 0 heterocycles. The van der Waals surface area contributed by atoms with Crippen LogP contribution in [0.15, 0.2) is 25.6 Å². The predicted molar refractivity (Wildman–Crippen MR) is 59.5 cm³/mol. The maximum Gasteiger partial charge on any atom is 0.225 e. The molecule has 0 radical (unpaired) electrons. The van der Waals surface area contributed by atoms with Crippen LogP contribution < -0.4 is 0 Å². The van der Waals surface area contributed by atoms with Crippen molar-refractivity contribution in [2.75, 3.05) is 0 Å². The molecule has 15 heavy (non-hydrogen) atoms. The maximum absolute atomic E-state index is 11.3. The molecule has 0 aromatic rings. The van der Waals surface area contributed by atoms with Crippen molar-refractivity contribution in [3.8, 4) is 0 Å². The highest BCUT2D eigenvalue weighted by Crippen LogP contribution is 2.11. The van der Waals surface area contributed by atoms with E-state index in [0.717, 1.165) is 0 Å². The van der Waals surface area contributed by atoms with E-state index in [1.165, 1.54) is 36.0 Å². The maximum atomic E-state index is 11.3. The lowest BCUT2D eigenvalue weighted by atomic mass is 10.3. The highest BCUT2D eigenvalue weighted by atomic mass is 16.2. The zero-order chi connectivity index (χ0) is 12.0. The molecule has 0 saturated heterocycles. The van der Waals surface area contributed by atoms with Crippen LogP contribution in [0.5, 0.6) is 0 Å². The van der Waals surface area contributed by atoms with Crippen LogP contribution in [0, 0.1) is 0 Å². The number of rotatable bonds is 5. The molecule has 0 unspecified atom stereocenters. The topological polar surface area (TPSA) is 40.6 Å². The van der Waals surface area contributed by atoms with E-state index in [1.807, 2.05) is 6.92 Å². The van der Waals surface area contributed by atoms with E-state index < -0.39 is 0 Å². The number of nitrogens with zero attached hydrogens (tertiary/aromatic N) is 2. The third-order valence-corrected chi connectivity index (χ3v) is 2.13. The van der Waals surface area contributed by atoms with Crippen molar-refractivity contribution in [3.05, 3.63) is 25.6 Å². The van der Waals surface area contributed by atoms with Gasteiger partial charge in [0.2, 0.25) is 11.8 Å². The van der Waals surface area contributed by atoms with Crippen LogP contribution in [0.2, 0.25) is 0 Å². The molecular formula is C11H18N2O2. The molecule has 0 saturated carbocycles. The number of carbonyl (C=O) groups is 2. The first-order chi connectivity index (χ1) is 6.99. The van der Waals surface area contributed by atoms with E-state index in [0.29, 0.717) is 6.42 Å². The third-order valence-electron chi connectivity index (χ3n) is 2.13. The van der Waals surface area contributed by atoms with Gasteiger partial charge in [-0.1, -0.05) is 20.1 Å². The van der Waals surface area contributed by atoms with Crippen LogP contribution in [-0.4, -0.2) is 27.8 Å². The summed E-state index contributed by atoms with van der Waals surface area (Å²) in [5.74, 6) is -0.296. The summed E-state index contributed by atoms with van der Waals surface area (Å²) in [6.45, 7) is 11.9. The lowest BCUT2D eigenvalue weighted by molar-refractivity contribution is -0.137. The second-order valence-corrected chi connectivity index (χ2v) is 3.11. The Morgan fingerprint density at radius 2 is 1.47 bits per heavy atom. The van der Waals surface area contributed by atoms with Gasteiger partial charge in [0.1, 0.15) is 6.17 Å². The first-order valence-corrected chi connectivity index (χ1v) is 4.82. The first kappa shape index (κ1) is 13.4. The Kier molecular flexibility index (Phi) is 5.37. The summed E-state index contributed by atoms with van der Waals surface area (Å²) in [5.41, 5.74) is 0. The normalized spacial score (nSPS) is 9.60. The van der Waals surface area contributed by atoms with Crippen molar-refractivity contribution < 1.29 is 9.59 Å². The molecule has 0 fully saturated rings. The van der Waals surface area contributed by atoms with Crippen LogP contribution in [-0.2, 0) is 9.59 Å². The molecule has 4 nitrogen and oxygen atoms in total. The van der Waals surface area contributed by atoms with E-state index in [1.54, 1.807) is 0 Å². The molecule has 0 spiro atoms. The molecule has 0 atom stereocenters. The summed E-state index contributed by atoms with van der Waals surface area (Å²) in [7, 11) is 0.